The van der Waals surface area contributed by atoms with Crippen molar-refractivity contribution in [1.82, 2.24) is 5.32 Å². The topological polar surface area (TPSA) is 15.3 Å². The van der Waals surface area contributed by atoms with E-state index in [2.05, 4.69) is 40.0 Å². The molecule has 1 saturated heterocycles. The van der Waals surface area contributed by atoms with E-state index >= 15 is 0 Å². The predicted octanol–water partition coefficient (Wildman–Crippen LogP) is 3.87. The highest BCUT2D eigenvalue weighted by Gasteiger charge is 2.32. The van der Waals surface area contributed by atoms with Gasteiger partial charge in [0, 0.05) is 30.9 Å². The third kappa shape index (κ3) is 2.95. The summed E-state index contributed by atoms with van der Waals surface area (Å²) in [6, 6.07) is 3.52. The number of rotatable bonds is 3. The standard InChI is InChI=1S/C15H22BrFN2/c1-4-15(5-2)10-19(7-6-18-15)14-9-12(16)13(17)8-11(14)3/h8-9,18H,4-7,10H2,1-3H3. The van der Waals surface area contributed by atoms with Gasteiger partial charge in [-0.05, 0) is 53.4 Å². The van der Waals surface area contributed by atoms with E-state index in [4.69, 9.17) is 0 Å². The minimum atomic E-state index is -0.186. The molecule has 1 heterocycles. The molecule has 0 aliphatic carbocycles. The van der Waals surface area contributed by atoms with Crippen molar-refractivity contribution in [2.75, 3.05) is 24.5 Å². The Bertz CT molecular complexity index is 458. The van der Waals surface area contributed by atoms with Crippen LogP contribution in [0.4, 0.5) is 10.1 Å². The van der Waals surface area contributed by atoms with Crippen LogP contribution in [0.3, 0.4) is 0 Å². The zero-order valence-corrected chi connectivity index (χ0v) is 13.5. The maximum Gasteiger partial charge on any atom is 0.137 e. The van der Waals surface area contributed by atoms with E-state index in [1.807, 2.05) is 13.0 Å². The maximum absolute atomic E-state index is 13.5. The van der Waals surface area contributed by atoms with Gasteiger partial charge in [0.1, 0.15) is 5.82 Å². The average Bonchev–Trinajstić information content (AvgIpc) is 2.43. The van der Waals surface area contributed by atoms with Crippen LogP contribution in [0.2, 0.25) is 0 Å². The monoisotopic (exact) mass is 328 g/mol. The summed E-state index contributed by atoms with van der Waals surface area (Å²) in [4.78, 5) is 2.38. The molecule has 4 heteroatoms. The summed E-state index contributed by atoms with van der Waals surface area (Å²) in [6.07, 6.45) is 2.23. The maximum atomic E-state index is 13.5. The largest absolute Gasteiger partial charge is 0.368 e. The van der Waals surface area contributed by atoms with E-state index in [0.29, 0.717) is 4.47 Å². The molecule has 0 spiro atoms. The van der Waals surface area contributed by atoms with Gasteiger partial charge in [-0.15, -0.1) is 0 Å². The Morgan fingerprint density at radius 3 is 2.68 bits per heavy atom. The predicted molar refractivity (Wildman–Crippen MR) is 82.4 cm³/mol. The second-order valence-electron chi connectivity index (χ2n) is 5.39. The van der Waals surface area contributed by atoms with Gasteiger partial charge in [-0.3, -0.25) is 0 Å². The number of piperazine rings is 1. The van der Waals surface area contributed by atoms with Crippen LogP contribution in [0.25, 0.3) is 0 Å². The first-order chi connectivity index (χ1) is 9.01. The number of hydrogen-bond donors (Lipinski definition) is 1. The summed E-state index contributed by atoms with van der Waals surface area (Å²) in [7, 11) is 0. The van der Waals surface area contributed by atoms with E-state index in [1.165, 1.54) is 0 Å². The lowest BCUT2D eigenvalue weighted by Crippen LogP contribution is -2.60. The van der Waals surface area contributed by atoms with Gasteiger partial charge in [0.2, 0.25) is 0 Å². The van der Waals surface area contributed by atoms with Crippen molar-refractivity contribution in [2.24, 2.45) is 0 Å². The van der Waals surface area contributed by atoms with Gasteiger partial charge in [-0.1, -0.05) is 13.8 Å². The van der Waals surface area contributed by atoms with Crippen LogP contribution < -0.4 is 10.2 Å². The zero-order chi connectivity index (χ0) is 14.0. The van der Waals surface area contributed by atoms with Gasteiger partial charge >= 0.3 is 0 Å². The molecule has 0 atom stereocenters. The minimum absolute atomic E-state index is 0.186. The number of anilines is 1. The molecule has 0 bridgehead atoms. The van der Waals surface area contributed by atoms with Gasteiger partial charge in [0.05, 0.1) is 4.47 Å². The van der Waals surface area contributed by atoms with Gasteiger partial charge in [0.15, 0.2) is 0 Å². The molecule has 2 rings (SSSR count). The third-order valence-corrected chi connectivity index (χ3v) is 4.92. The van der Waals surface area contributed by atoms with Gasteiger partial charge in [-0.2, -0.15) is 0 Å². The Kier molecular flexibility index (Phi) is 4.51. The van der Waals surface area contributed by atoms with Crippen molar-refractivity contribution >= 4 is 21.6 Å². The molecule has 1 aliphatic rings. The first-order valence-corrected chi connectivity index (χ1v) is 7.76. The Morgan fingerprint density at radius 1 is 1.37 bits per heavy atom. The molecule has 0 unspecified atom stereocenters. The fraction of sp³-hybridized carbons (Fsp3) is 0.600. The van der Waals surface area contributed by atoms with Gasteiger partial charge in [-0.25, -0.2) is 4.39 Å². The number of aryl methyl sites for hydroxylation is 1. The van der Waals surface area contributed by atoms with Crippen LogP contribution in [0.15, 0.2) is 16.6 Å². The van der Waals surface area contributed by atoms with E-state index in [-0.39, 0.29) is 11.4 Å². The van der Waals surface area contributed by atoms with Crippen LogP contribution in [0, 0.1) is 12.7 Å². The molecule has 1 aromatic rings. The fourth-order valence-corrected chi connectivity index (χ4v) is 3.19. The van der Waals surface area contributed by atoms with E-state index in [0.717, 1.165) is 43.7 Å². The zero-order valence-electron chi connectivity index (χ0n) is 11.9. The third-order valence-electron chi connectivity index (χ3n) is 4.31. The summed E-state index contributed by atoms with van der Waals surface area (Å²) in [6.45, 7) is 9.38. The summed E-state index contributed by atoms with van der Waals surface area (Å²) < 4.78 is 14.1. The molecule has 1 N–H and O–H groups in total. The summed E-state index contributed by atoms with van der Waals surface area (Å²) in [5, 5.41) is 3.65. The molecule has 0 aromatic heterocycles. The minimum Gasteiger partial charge on any atom is -0.368 e. The number of nitrogens with zero attached hydrogens (tertiary/aromatic N) is 1. The number of halogens is 2. The Balaban J connectivity index is 2.29. The number of benzene rings is 1. The lowest BCUT2D eigenvalue weighted by Gasteiger charge is -2.44. The molecule has 0 radical (unpaired) electrons. The van der Waals surface area contributed by atoms with Crippen molar-refractivity contribution in [2.45, 2.75) is 39.2 Å². The SMILES string of the molecule is CCC1(CC)CN(c2cc(Br)c(F)cc2C)CCN1. The highest BCUT2D eigenvalue weighted by atomic mass is 79.9. The molecule has 1 aromatic carbocycles. The quantitative estimate of drug-likeness (QED) is 0.906. The van der Waals surface area contributed by atoms with E-state index in [1.54, 1.807) is 6.07 Å². The van der Waals surface area contributed by atoms with Crippen molar-refractivity contribution in [3.05, 3.63) is 28.0 Å². The van der Waals surface area contributed by atoms with Crippen molar-refractivity contribution in [1.29, 1.82) is 0 Å². The molecule has 1 aliphatic heterocycles. The number of hydrogen-bond acceptors (Lipinski definition) is 2. The van der Waals surface area contributed by atoms with E-state index < -0.39 is 0 Å². The summed E-state index contributed by atoms with van der Waals surface area (Å²) in [5.74, 6) is -0.186. The highest BCUT2D eigenvalue weighted by molar-refractivity contribution is 9.10. The van der Waals surface area contributed by atoms with Gasteiger partial charge < -0.3 is 10.2 Å². The second-order valence-corrected chi connectivity index (χ2v) is 6.24. The van der Waals surface area contributed by atoms with Gasteiger partial charge in [0.25, 0.3) is 0 Å². The smallest absolute Gasteiger partial charge is 0.137 e. The highest BCUT2D eigenvalue weighted by Crippen LogP contribution is 2.30. The molecule has 2 nitrogen and oxygen atoms in total. The average molecular weight is 329 g/mol. The first kappa shape index (κ1) is 14.8. The van der Waals surface area contributed by atoms with Crippen LogP contribution in [0.1, 0.15) is 32.3 Å². The molecule has 106 valence electrons. The van der Waals surface area contributed by atoms with Crippen LogP contribution in [0.5, 0.6) is 0 Å². The lowest BCUT2D eigenvalue weighted by molar-refractivity contribution is 0.277. The number of nitrogens with one attached hydrogen (secondary N) is 1. The Hall–Kier alpha value is -0.610. The second kappa shape index (κ2) is 5.80. The molecule has 0 saturated carbocycles. The van der Waals surface area contributed by atoms with Crippen molar-refractivity contribution in [3.63, 3.8) is 0 Å². The van der Waals surface area contributed by atoms with Crippen LogP contribution in [-0.4, -0.2) is 25.2 Å². The fourth-order valence-electron chi connectivity index (χ4n) is 2.86. The molecule has 19 heavy (non-hydrogen) atoms. The molecule has 0 amide bonds. The molecular weight excluding hydrogens is 307 g/mol. The summed E-state index contributed by atoms with van der Waals surface area (Å²) in [5.41, 5.74) is 2.33. The Morgan fingerprint density at radius 2 is 2.05 bits per heavy atom. The van der Waals surface area contributed by atoms with Crippen LogP contribution in [-0.2, 0) is 0 Å². The van der Waals surface area contributed by atoms with E-state index in [9.17, 15) is 4.39 Å². The van der Waals surface area contributed by atoms with Crippen LogP contribution >= 0.6 is 15.9 Å². The normalized spacial score (nSPS) is 18.7. The van der Waals surface area contributed by atoms with Crippen molar-refractivity contribution < 1.29 is 4.39 Å². The molecule has 1 fully saturated rings. The summed E-state index contributed by atoms with van der Waals surface area (Å²) >= 11 is 3.29. The van der Waals surface area contributed by atoms with Crippen molar-refractivity contribution in [3.8, 4) is 0 Å². The Labute approximate surface area is 123 Å². The lowest BCUT2D eigenvalue weighted by atomic mass is 9.90. The molecular formula is C15H22BrFN2. The first-order valence-electron chi connectivity index (χ1n) is 6.97.